The van der Waals surface area contributed by atoms with Crippen molar-refractivity contribution < 1.29 is 26.3 Å². The van der Waals surface area contributed by atoms with Crippen molar-refractivity contribution in [1.82, 2.24) is 20.3 Å². The highest BCUT2D eigenvalue weighted by molar-refractivity contribution is 7.92. The van der Waals surface area contributed by atoms with E-state index in [4.69, 9.17) is 9.72 Å². The number of thiazole rings is 1. The van der Waals surface area contributed by atoms with Crippen LogP contribution in [-0.2, 0) is 20.2 Å². The van der Waals surface area contributed by atoms with Crippen molar-refractivity contribution in [2.24, 2.45) is 0 Å². The summed E-state index contributed by atoms with van der Waals surface area (Å²) in [5.74, 6) is -2.70. The average molecular weight is 607 g/mol. The van der Waals surface area contributed by atoms with Crippen molar-refractivity contribution in [2.45, 2.75) is 31.1 Å². The molecule has 0 saturated heterocycles. The summed E-state index contributed by atoms with van der Waals surface area (Å²) < 4.78 is 76.5. The number of aromatic nitrogens is 3. The van der Waals surface area contributed by atoms with E-state index in [1.165, 1.54) is 29.5 Å². The lowest BCUT2D eigenvalue weighted by molar-refractivity contribution is 0.177. The first kappa shape index (κ1) is 30.4. The van der Waals surface area contributed by atoms with Crippen LogP contribution in [0.4, 0.5) is 24.8 Å². The molecule has 2 heterocycles. The number of hydrogen-bond donors (Lipinski definition) is 3. The van der Waals surface area contributed by atoms with Gasteiger partial charge >= 0.3 is 0 Å². The number of ether oxygens (including phenoxy) is 1. The number of nitrogens with zero attached hydrogens (tertiary/aromatic N) is 3. The Bertz CT molecular complexity index is 1640. The molecular weight excluding hydrogens is 577 g/mol. The van der Waals surface area contributed by atoms with Crippen LogP contribution in [0.2, 0.25) is 0 Å². The number of methoxy groups -OCH3 is 1. The molecule has 0 radical (unpaired) electrons. The van der Waals surface area contributed by atoms with E-state index in [0.717, 1.165) is 6.07 Å². The summed E-state index contributed by atoms with van der Waals surface area (Å²) in [6, 6.07) is 7.78. The molecule has 14 heteroatoms. The Morgan fingerprint density at radius 3 is 2.54 bits per heavy atom. The van der Waals surface area contributed by atoms with E-state index >= 15 is 4.39 Å². The highest BCUT2D eigenvalue weighted by atomic mass is 32.2. The van der Waals surface area contributed by atoms with E-state index in [1.807, 2.05) is 25.5 Å². The Hall–Kier alpha value is -3.59. The molecule has 0 aliphatic heterocycles. The monoisotopic (exact) mass is 606 g/mol. The Kier molecular flexibility index (Phi) is 9.27. The van der Waals surface area contributed by atoms with Crippen LogP contribution in [0.3, 0.4) is 0 Å². The molecule has 41 heavy (non-hydrogen) atoms. The Morgan fingerprint density at radius 1 is 1.02 bits per heavy atom. The zero-order chi connectivity index (χ0) is 29.8. The van der Waals surface area contributed by atoms with Crippen LogP contribution >= 0.6 is 11.3 Å². The van der Waals surface area contributed by atoms with Crippen LogP contribution in [0.15, 0.2) is 53.6 Å². The predicted molar refractivity (Wildman–Crippen MR) is 153 cm³/mol. The second-order valence-corrected chi connectivity index (χ2v) is 12.6. The van der Waals surface area contributed by atoms with E-state index in [1.54, 1.807) is 19.4 Å². The lowest BCUT2D eigenvalue weighted by Crippen LogP contribution is -2.24. The first-order valence-electron chi connectivity index (χ1n) is 12.5. The summed E-state index contributed by atoms with van der Waals surface area (Å²) in [6.07, 6.45) is 1.57. The smallest absolute Gasteiger partial charge is 0.265 e. The van der Waals surface area contributed by atoms with Crippen LogP contribution in [0.25, 0.3) is 21.8 Å². The standard InChI is InChI=1S/C27H29F3N6O3S2/c1-27(2,3)25-35-23(24(40-25)20-10-11-32-26(34-20)33-13-12-31-15-39-4)17-6-5-7-19(22(17)30)36-41(37,38)21-14-16(28)8-9-18(21)29/h5-11,14,31,36H,12-13,15H2,1-4H3,(H,32,33,34). The Balaban J connectivity index is 1.73. The fourth-order valence-electron chi connectivity index (χ4n) is 3.68. The third-order valence-corrected chi connectivity index (χ3v) is 8.55. The van der Waals surface area contributed by atoms with E-state index in [-0.39, 0.29) is 16.7 Å². The first-order valence-corrected chi connectivity index (χ1v) is 14.8. The van der Waals surface area contributed by atoms with Crippen molar-refractivity contribution in [3.8, 4) is 21.8 Å². The van der Waals surface area contributed by atoms with Gasteiger partial charge < -0.3 is 10.1 Å². The highest BCUT2D eigenvalue weighted by Gasteiger charge is 2.27. The number of rotatable bonds is 11. The van der Waals surface area contributed by atoms with Gasteiger partial charge in [0.05, 0.1) is 33.7 Å². The minimum Gasteiger partial charge on any atom is -0.370 e. The molecule has 0 atom stereocenters. The molecule has 0 aliphatic carbocycles. The van der Waals surface area contributed by atoms with Crippen LogP contribution in [-0.4, -0.2) is 50.3 Å². The predicted octanol–water partition coefficient (Wildman–Crippen LogP) is 5.39. The summed E-state index contributed by atoms with van der Waals surface area (Å²) >= 11 is 1.33. The number of anilines is 2. The average Bonchev–Trinajstić information content (AvgIpc) is 3.37. The molecule has 4 rings (SSSR count). The maximum Gasteiger partial charge on any atom is 0.265 e. The van der Waals surface area contributed by atoms with Gasteiger partial charge in [-0.25, -0.2) is 36.5 Å². The summed E-state index contributed by atoms with van der Waals surface area (Å²) in [5, 5.41) is 6.88. The maximum absolute atomic E-state index is 15.9. The van der Waals surface area contributed by atoms with Gasteiger partial charge in [0.15, 0.2) is 5.82 Å². The second kappa shape index (κ2) is 12.5. The second-order valence-electron chi connectivity index (χ2n) is 9.92. The van der Waals surface area contributed by atoms with Crippen LogP contribution in [0.5, 0.6) is 0 Å². The van der Waals surface area contributed by atoms with Gasteiger partial charge in [-0.2, -0.15) is 0 Å². The first-order chi connectivity index (χ1) is 19.4. The van der Waals surface area contributed by atoms with E-state index in [0.29, 0.717) is 53.5 Å². The summed E-state index contributed by atoms with van der Waals surface area (Å²) in [6.45, 7) is 7.43. The topological polar surface area (TPSA) is 118 Å². The van der Waals surface area contributed by atoms with Gasteiger partial charge in [0.1, 0.15) is 16.5 Å². The number of nitrogens with one attached hydrogen (secondary N) is 3. The largest absolute Gasteiger partial charge is 0.370 e. The van der Waals surface area contributed by atoms with Crippen LogP contribution in [0.1, 0.15) is 25.8 Å². The van der Waals surface area contributed by atoms with Crippen molar-refractivity contribution in [1.29, 1.82) is 0 Å². The molecule has 0 amide bonds. The summed E-state index contributed by atoms with van der Waals surface area (Å²) in [4.78, 5) is 13.2. The third-order valence-electron chi connectivity index (χ3n) is 5.67. The SMILES string of the molecule is COCNCCNc1nccc(-c2sc(C(C)(C)C)nc2-c2cccc(NS(=O)(=O)c3cc(F)ccc3F)c2F)n1. The van der Waals surface area contributed by atoms with Gasteiger partial charge in [-0.15, -0.1) is 11.3 Å². The maximum atomic E-state index is 15.9. The van der Waals surface area contributed by atoms with Gasteiger partial charge in [0.25, 0.3) is 10.0 Å². The molecule has 4 aromatic rings. The Labute approximate surface area is 240 Å². The molecule has 0 bridgehead atoms. The number of benzene rings is 2. The quantitative estimate of drug-likeness (QED) is 0.154. The van der Waals surface area contributed by atoms with Gasteiger partial charge in [-0.05, 0) is 36.4 Å². The fraction of sp³-hybridized carbons (Fsp3) is 0.296. The van der Waals surface area contributed by atoms with Crippen molar-refractivity contribution in [2.75, 3.05) is 37.0 Å². The van der Waals surface area contributed by atoms with Crippen LogP contribution < -0.4 is 15.4 Å². The fourth-order valence-corrected chi connectivity index (χ4v) is 5.94. The molecule has 0 fully saturated rings. The number of halogens is 3. The molecule has 218 valence electrons. The number of hydrogen-bond acceptors (Lipinski definition) is 9. The third kappa shape index (κ3) is 7.19. The molecular formula is C27H29F3N6O3S2. The van der Waals surface area contributed by atoms with Gasteiger partial charge in [0.2, 0.25) is 5.95 Å². The molecule has 2 aromatic carbocycles. The Morgan fingerprint density at radius 2 is 1.80 bits per heavy atom. The molecule has 0 spiro atoms. The zero-order valence-corrected chi connectivity index (χ0v) is 24.4. The highest BCUT2D eigenvalue weighted by Crippen LogP contribution is 2.42. The van der Waals surface area contributed by atoms with E-state index < -0.39 is 38.1 Å². The molecule has 0 aliphatic rings. The lowest BCUT2D eigenvalue weighted by Gasteiger charge is -2.14. The summed E-state index contributed by atoms with van der Waals surface area (Å²) in [7, 11) is -3.07. The van der Waals surface area contributed by atoms with E-state index in [9.17, 15) is 17.2 Å². The molecule has 0 saturated carbocycles. The summed E-state index contributed by atoms with van der Waals surface area (Å²) in [5.41, 5.74) is -0.0902. The zero-order valence-electron chi connectivity index (χ0n) is 22.8. The minimum absolute atomic E-state index is 0.00329. The van der Waals surface area contributed by atoms with Crippen molar-refractivity contribution in [3.05, 3.63) is 71.1 Å². The molecule has 3 N–H and O–H groups in total. The van der Waals surface area contributed by atoms with Gasteiger partial charge in [-0.1, -0.05) is 26.8 Å². The van der Waals surface area contributed by atoms with E-state index in [2.05, 4.69) is 20.6 Å². The molecule has 0 unspecified atom stereocenters. The normalized spacial score (nSPS) is 12.0. The molecule has 9 nitrogen and oxygen atoms in total. The molecule has 2 aromatic heterocycles. The van der Waals surface area contributed by atoms with Crippen LogP contribution in [0, 0.1) is 17.5 Å². The van der Waals surface area contributed by atoms with Gasteiger partial charge in [0, 0.05) is 37.4 Å². The minimum atomic E-state index is -4.65. The van der Waals surface area contributed by atoms with Crippen molar-refractivity contribution >= 4 is 33.0 Å². The number of sulfonamides is 1. The van der Waals surface area contributed by atoms with Crippen molar-refractivity contribution in [3.63, 3.8) is 0 Å². The van der Waals surface area contributed by atoms with Gasteiger partial charge in [-0.3, -0.25) is 10.0 Å². The lowest BCUT2D eigenvalue weighted by atomic mass is 9.98.